The van der Waals surface area contributed by atoms with Crippen molar-refractivity contribution in [1.29, 1.82) is 0 Å². The van der Waals surface area contributed by atoms with E-state index < -0.39 is 16.5 Å². The van der Waals surface area contributed by atoms with Crippen molar-refractivity contribution in [3.05, 3.63) is 29.7 Å². The number of hydrogen-bond acceptors (Lipinski definition) is 2. The molecule has 0 radical (unpaired) electrons. The molecule has 18 heavy (non-hydrogen) atoms. The summed E-state index contributed by atoms with van der Waals surface area (Å²) in [5.41, 5.74) is 0. The van der Waals surface area contributed by atoms with Gasteiger partial charge < -0.3 is 5.32 Å². The minimum absolute atomic E-state index is 0.214. The summed E-state index contributed by atoms with van der Waals surface area (Å²) >= 11 is 1.50. The number of hydrogen-bond donors (Lipinski definition) is 0. The normalized spacial score (nSPS) is 33.2. The summed E-state index contributed by atoms with van der Waals surface area (Å²) in [4.78, 5) is 4.83. The average Bonchev–Trinajstić information content (AvgIpc) is 2.84. The second-order valence-electron chi connectivity index (χ2n) is 4.34. The molecule has 0 spiro atoms. The molecule has 1 aliphatic carbocycles. The van der Waals surface area contributed by atoms with Gasteiger partial charge in [0, 0.05) is 5.25 Å². The molecule has 0 aromatic heterocycles. The van der Waals surface area contributed by atoms with Crippen molar-refractivity contribution in [2.75, 3.05) is 0 Å². The van der Waals surface area contributed by atoms with Crippen LogP contribution >= 0.6 is 30.6 Å². The van der Waals surface area contributed by atoms with E-state index in [2.05, 4.69) is 17.5 Å². The molecular formula is C12H15Cl2N2PtS-. The molecule has 0 aromatic carbocycles. The van der Waals surface area contributed by atoms with Gasteiger partial charge in [-0.15, -0.1) is 11.8 Å². The van der Waals surface area contributed by atoms with Crippen LogP contribution in [0, 0.1) is 0 Å². The second-order valence-corrected chi connectivity index (χ2v) is 8.88. The van der Waals surface area contributed by atoms with Gasteiger partial charge in [-0.1, -0.05) is 31.1 Å². The van der Waals surface area contributed by atoms with Gasteiger partial charge >= 0.3 is 35.3 Å². The van der Waals surface area contributed by atoms with E-state index in [1.807, 2.05) is 24.0 Å². The van der Waals surface area contributed by atoms with E-state index in [1.165, 1.54) is 30.7 Å². The van der Waals surface area contributed by atoms with Crippen molar-refractivity contribution in [3.63, 3.8) is 0 Å². The van der Waals surface area contributed by atoms with Crippen LogP contribution in [0.5, 0.6) is 0 Å². The van der Waals surface area contributed by atoms with Gasteiger partial charge in [-0.25, -0.2) is 0 Å². The van der Waals surface area contributed by atoms with Crippen LogP contribution in [0.15, 0.2) is 29.4 Å². The van der Waals surface area contributed by atoms with Gasteiger partial charge in [0.2, 0.25) is 0 Å². The van der Waals surface area contributed by atoms with Crippen LogP contribution < -0.4 is 0 Å². The van der Waals surface area contributed by atoms with Gasteiger partial charge in [-0.05, 0) is 18.9 Å². The molecule has 3 atom stereocenters. The van der Waals surface area contributed by atoms with Crippen LogP contribution in [-0.4, -0.2) is 22.4 Å². The monoisotopic (exact) mass is 484 g/mol. The number of allylic oxidation sites excluding steroid dienone is 2. The Balaban J connectivity index is 0.000000367. The SMILES string of the molecule is C1=C[N-]C(C2=NC3CCCCC3S2)C=C1.[Cl][Pt][Cl]. The molecule has 1 saturated carbocycles. The number of aliphatic imine (C=N–C) groups is 1. The molecule has 1 fully saturated rings. The molecule has 0 saturated heterocycles. The number of halogens is 2. The van der Waals surface area contributed by atoms with Gasteiger partial charge in [0.25, 0.3) is 0 Å². The van der Waals surface area contributed by atoms with E-state index in [1.54, 1.807) is 0 Å². The third-order valence-corrected chi connectivity index (χ3v) is 4.66. The van der Waals surface area contributed by atoms with Gasteiger partial charge in [-0.3, -0.25) is 4.99 Å². The molecule has 6 heteroatoms. The van der Waals surface area contributed by atoms with Gasteiger partial charge in [0.05, 0.1) is 11.1 Å². The Morgan fingerprint density at radius 3 is 2.72 bits per heavy atom. The molecule has 0 N–H and O–H groups in total. The van der Waals surface area contributed by atoms with E-state index in [0.29, 0.717) is 6.04 Å². The fourth-order valence-electron chi connectivity index (χ4n) is 2.41. The molecule has 2 nitrogen and oxygen atoms in total. The zero-order valence-electron chi connectivity index (χ0n) is 9.74. The van der Waals surface area contributed by atoms with Crippen LogP contribution in [0.4, 0.5) is 0 Å². The Bertz CT molecular complexity index is 360. The maximum absolute atomic E-state index is 4.88. The number of fused-ring (bicyclic) bond motifs is 1. The summed E-state index contributed by atoms with van der Waals surface area (Å²) in [5, 5.41) is 6.45. The molecular weight excluding hydrogens is 470 g/mol. The summed E-state index contributed by atoms with van der Waals surface area (Å²) in [6, 6.07) is 0.804. The zero-order valence-corrected chi connectivity index (χ0v) is 14.3. The van der Waals surface area contributed by atoms with Crippen LogP contribution in [-0.2, 0) is 16.5 Å². The Kier molecular flexibility index (Phi) is 6.64. The molecule has 3 rings (SSSR count). The predicted molar refractivity (Wildman–Crippen MR) is 78.2 cm³/mol. The van der Waals surface area contributed by atoms with Gasteiger partial charge in [0.15, 0.2) is 0 Å². The molecule has 3 unspecified atom stereocenters. The predicted octanol–water partition coefficient (Wildman–Crippen LogP) is 4.65. The van der Waals surface area contributed by atoms with Crippen LogP contribution in [0.1, 0.15) is 25.7 Å². The van der Waals surface area contributed by atoms with Crippen molar-refractivity contribution in [2.24, 2.45) is 4.99 Å². The Morgan fingerprint density at radius 2 is 2.06 bits per heavy atom. The molecule has 104 valence electrons. The zero-order chi connectivity index (χ0) is 12.8. The summed E-state index contributed by atoms with van der Waals surface area (Å²) in [6.07, 6.45) is 13.4. The Hall–Kier alpha value is 0.568. The second kappa shape index (κ2) is 7.99. The van der Waals surface area contributed by atoms with Gasteiger partial charge in [0.1, 0.15) is 0 Å². The van der Waals surface area contributed by atoms with E-state index in [9.17, 15) is 0 Å². The summed E-state index contributed by atoms with van der Waals surface area (Å²) in [5.74, 6) is 0. The van der Waals surface area contributed by atoms with Crippen LogP contribution in [0.2, 0.25) is 0 Å². The molecule has 3 aliphatic rings. The summed E-state index contributed by atoms with van der Waals surface area (Å²) in [7, 11) is 9.75. The molecule has 2 heterocycles. The van der Waals surface area contributed by atoms with Gasteiger partial charge in [-0.2, -0.15) is 6.20 Å². The van der Waals surface area contributed by atoms with Crippen LogP contribution in [0.25, 0.3) is 5.32 Å². The Morgan fingerprint density at radius 1 is 1.28 bits per heavy atom. The van der Waals surface area contributed by atoms with Crippen molar-refractivity contribution < 1.29 is 16.5 Å². The van der Waals surface area contributed by atoms with E-state index in [-0.39, 0.29) is 6.04 Å². The number of thioether (sulfide) groups is 1. The van der Waals surface area contributed by atoms with Crippen molar-refractivity contribution in [1.82, 2.24) is 0 Å². The third kappa shape index (κ3) is 4.03. The summed E-state index contributed by atoms with van der Waals surface area (Å²) in [6.45, 7) is 0. The first-order valence-corrected chi connectivity index (χ1v) is 12.5. The molecule has 2 aliphatic heterocycles. The average molecular weight is 485 g/mol. The van der Waals surface area contributed by atoms with Crippen molar-refractivity contribution >= 4 is 35.6 Å². The number of nitrogens with zero attached hydrogens (tertiary/aromatic N) is 2. The first-order valence-electron chi connectivity index (χ1n) is 5.95. The first kappa shape index (κ1) is 15.0. The quantitative estimate of drug-likeness (QED) is 0.532. The number of rotatable bonds is 1. The minimum atomic E-state index is -0.472. The van der Waals surface area contributed by atoms with E-state index in [4.69, 9.17) is 23.8 Å². The Labute approximate surface area is 129 Å². The first-order chi connectivity index (χ1) is 8.85. The van der Waals surface area contributed by atoms with Crippen molar-refractivity contribution in [3.8, 4) is 0 Å². The maximum atomic E-state index is 4.88. The van der Waals surface area contributed by atoms with Crippen molar-refractivity contribution in [2.45, 2.75) is 43.0 Å². The topological polar surface area (TPSA) is 26.5 Å². The van der Waals surface area contributed by atoms with E-state index in [0.717, 1.165) is 5.25 Å². The fraction of sp³-hybridized carbons (Fsp3) is 0.583. The third-order valence-electron chi connectivity index (χ3n) is 3.22. The molecule has 0 bridgehead atoms. The molecule has 0 aromatic rings. The molecule has 0 amide bonds. The fourth-order valence-corrected chi connectivity index (χ4v) is 3.84. The summed E-state index contributed by atoms with van der Waals surface area (Å²) < 4.78 is 0. The van der Waals surface area contributed by atoms with E-state index >= 15 is 0 Å². The standard InChI is InChI=1S/C12H15N2S.2ClH.Pt/c1-2-7-11-9(5-1)14-12(15-11)10-6-3-4-8-13-10;;;/h3-4,6,8-11H,1-2,5,7H2;2*1H;/q-1;;;+2/p-2. The van der Waals surface area contributed by atoms with Crippen LogP contribution in [0.3, 0.4) is 0 Å².